The van der Waals surface area contributed by atoms with E-state index < -0.39 is 5.66 Å². The van der Waals surface area contributed by atoms with Crippen molar-refractivity contribution in [2.24, 2.45) is 27.7 Å². The van der Waals surface area contributed by atoms with Crippen molar-refractivity contribution in [2.45, 2.75) is 138 Å². The van der Waals surface area contributed by atoms with Gasteiger partial charge in [-0.2, -0.15) is 5.21 Å². The first-order valence-corrected chi connectivity index (χ1v) is 18.6. The molecule has 2 fully saturated rings. The minimum Gasteiger partial charge on any atom is -0.376 e. The molecule has 1 aromatic carbocycles. The minimum atomic E-state index is -0.576. The van der Waals surface area contributed by atoms with E-state index in [4.69, 9.17) is 9.73 Å². The number of nitrogens with zero attached hydrogens (tertiary/aromatic N) is 6. The predicted octanol–water partition coefficient (Wildman–Crippen LogP) is 6.70. The third kappa shape index (κ3) is 9.27. The number of aliphatic imine (C=N–C) groups is 1. The van der Waals surface area contributed by atoms with E-state index in [-0.39, 0.29) is 41.3 Å². The third-order valence-electron chi connectivity index (χ3n) is 10.7. The molecular formula is C38H60N8O3. The first kappa shape index (κ1) is 36.9. The van der Waals surface area contributed by atoms with Crippen LogP contribution in [0.5, 0.6) is 0 Å². The highest BCUT2D eigenvalue weighted by Crippen LogP contribution is 2.50. The summed E-state index contributed by atoms with van der Waals surface area (Å²) in [5.74, 6) is 2.12. The number of amides is 2. The number of carbonyl (C=O) groups is 2. The number of ether oxygens (including phenoxy) is 1. The summed E-state index contributed by atoms with van der Waals surface area (Å²) in [6.07, 6.45) is 8.81. The SMILES string of the molecule is CC(C)CCCOC1CCN(C2=NC3(CCC(C(C)(C)C)CC3)N([C@H](CCC(C)(C)C)c3ccc(C(=O)NCc4nn[nH]n4)cc3)C2=O)C1. The molecule has 1 aromatic heterocycles. The van der Waals surface area contributed by atoms with Crippen LogP contribution in [0.15, 0.2) is 29.3 Å². The van der Waals surface area contributed by atoms with Gasteiger partial charge in [-0.3, -0.25) is 9.59 Å². The second-order valence-corrected chi connectivity index (χ2v) is 17.2. The maximum Gasteiger partial charge on any atom is 0.291 e. The molecule has 1 saturated carbocycles. The van der Waals surface area contributed by atoms with Crippen LogP contribution in [0.2, 0.25) is 0 Å². The van der Waals surface area contributed by atoms with Crippen LogP contribution >= 0.6 is 0 Å². The zero-order valence-electron chi connectivity index (χ0n) is 31.2. The van der Waals surface area contributed by atoms with Crippen molar-refractivity contribution < 1.29 is 14.3 Å². The number of benzene rings is 1. The molecule has 1 spiro atoms. The van der Waals surface area contributed by atoms with Crippen LogP contribution in [0.25, 0.3) is 0 Å². The molecule has 2 amide bonds. The maximum atomic E-state index is 14.8. The first-order valence-electron chi connectivity index (χ1n) is 18.6. The summed E-state index contributed by atoms with van der Waals surface area (Å²) < 4.78 is 6.29. The molecule has 49 heavy (non-hydrogen) atoms. The zero-order chi connectivity index (χ0) is 35.4. The molecule has 1 saturated heterocycles. The lowest BCUT2D eigenvalue weighted by Gasteiger charge is -2.47. The Morgan fingerprint density at radius 1 is 1.06 bits per heavy atom. The van der Waals surface area contributed by atoms with Gasteiger partial charge in [0, 0.05) is 25.3 Å². The number of aromatic nitrogens is 4. The summed E-state index contributed by atoms with van der Waals surface area (Å²) in [5, 5.41) is 16.6. The number of tetrazole rings is 1. The molecule has 1 unspecified atom stereocenters. The molecule has 2 aromatic rings. The number of carbonyl (C=O) groups excluding carboxylic acids is 2. The van der Waals surface area contributed by atoms with Crippen molar-refractivity contribution in [3.8, 4) is 0 Å². The van der Waals surface area contributed by atoms with E-state index in [0.29, 0.717) is 35.6 Å². The molecule has 3 heterocycles. The van der Waals surface area contributed by atoms with Gasteiger partial charge in [0.2, 0.25) is 0 Å². The summed E-state index contributed by atoms with van der Waals surface area (Å²) in [4.78, 5) is 37.6. The van der Waals surface area contributed by atoms with E-state index in [1.165, 1.54) is 0 Å². The van der Waals surface area contributed by atoms with Crippen LogP contribution in [0.3, 0.4) is 0 Å². The van der Waals surface area contributed by atoms with Gasteiger partial charge in [0.25, 0.3) is 11.8 Å². The Hall–Kier alpha value is -3.34. The van der Waals surface area contributed by atoms with Crippen LogP contribution in [0, 0.1) is 22.7 Å². The highest BCUT2D eigenvalue weighted by molar-refractivity contribution is 6.39. The standard InChI is InChI=1S/C38H60N8O3/c1-26(2)10-9-23-49-30-18-22-45(25-30)33-35(48)46(38(40-33)20-15-29(16-21-38)37(6,7)8)31(17-19-36(3,4)5)27-11-13-28(14-12-27)34(47)39-24-32-41-43-44-42-32/h11-14,26,29-31H,9-10,15-25H2,1-8H3,(H,39,47)(H,41,42,43,44)/t29?,30?,31-,38?/m1/s1. The number of nitrogens with one attached hydrogen (secondary N) is 2. The van der Waals surface area contributed by atoms with Gasteiger partial charge >= 0.3 is 0 Å². The Kier molecular flexibility index (Phi) is 11.5. The van der Waals surface area contributed by atoms with E-state index in [0.717, 1.165) is 76.5 Å². The van der Waals surface area contributed by atoms with Crippen LogP contribution < -0.4 is 5.32 Å². The van der Waals surface area contributed by atoms with Crippen molar-refractivity contribution in [1.29, 1.82) is 0 Å². The number of amidine groups is 1. The second kappa shape index (κ2) is 15.3. The fourth-order valence-corrected chi connectivity index (χ4v) is 7.72. The highest BCUT2D eigenvalue weighted by atomic mass is 16.5. The van der Waals surface area contributed by atoms with Crippen LogP contribution in [0.4, 0.5) is 0 Å². The number of H-pyrrole nitrogens is 1. The molecule has 5 rings (SSSR count). The normalized spacial score (nSPS) is 23.9. The number of rotatable bonds is 12. The first-order chi connectivity index (χ1) is 23.1. The summed E-state index contributed by atoms with van der Waals surface area (Å²) in [6, 6.07) is 7.60. The van der Waals surface area contributed by atoms with Crippen LogP contribution in [0.1, 0.15) is 141 Å². The molecule has 11 nitrogen and oxygen atoms in total. The van der Waals surface area contributed by atoms with Gasteiger partial charge in [0.05, 0.1) is 18.7 Å². The third-order valence-corrected chi connectivity index (χ3v) is 10.7. The van der Waals surface area contributed by atoms with E-state index in [1.54, 1.807) is 0 Å². The van der Waals surface area contributed by atoms with E-state index in [9.17, 15) is 9.59 Å². The number of likely N-dealkylation sites (tertiary alicyclic amines) is 1. The largest absolute Gasteiger partial charge is 0.376 e. The molecule has 270 valence electrons. The Balaban J connectivity index is 1.40. The average molecular weight is 677 g/mol. The van der Waals surface area contributed by atoms with Gasteiger partial charge in [-0.05, 0) is 98.1 Å². The van der Waals surface area contributed by atoms with E-state index in [1.807, 2.05) is 24.3 Å². The molecule has 2 atom stereocenters. The Labute approximate surface area is 293 Å². The van der Waals surface area contributed by atoms with Crippen LogP contribution in [-0.2, 0) is 16.1 Å². The smallest absolute Gasteiger partial charge is 0.291 e. The van der Waals surface area contributed by atoms with E-state index >= 15 is 0 Å². The van der Waals surface area contributed by atoms with Gasteiger partial charge in [-0.25, -0.2) is 4.99 Å². The quantitative estimate of drug-likeness (QED) is 0.240. The van der Waals surface area contributed by atoms with Gasteiger partial charge in [-0.15, -0.1) is 10.2 Å². The lowest BCUT2D eigenvalue weighted by atomic mass is 9.69. The lowest BCUT2D eigenvalue weighted by Crippen LogP contribution is -2.52. The van der Waals surface area contributed by atoms with Crippen LogP contribution in [-0.4, -0.2) is 79.5 Å². The molecule has 3 aliphatic rings. The molecule has 0 radical (unpaired) electrons. The molecule has 2 aliphatic heterocycles. The molecule has 2 N–H and O–H groups in total. The molecule has 11 heteroatoms. The fraction of sp³-hybridized carbons (Fsp3) is 0.737. The summed E-state index contributed by atoms with van der Waals surface area (Å²) in [7, 11) is 0. The highest BCUT2D eigenvalue weighted by Gasteiger charge is 2.54. The topological polar surface area (TPSA) is 129 Å². The van der Waals surface area contributed by atoms with Crippen molar-refractivity contribution >= 4 is 17.6 Å². The number of hydrogen-bond donors (Lipinski definition) is 2. The van der Waals surface area contributed by atoms with Crippen molar-refractivity contribution in [1.82, 2.24) is 35.7 Å². The lowest BCUT2D eigenvalue weighted by molar-refractivity contribution is -0.134. The van der Waals surface area contributed by atoms with Gasteiger partial charge in [0.15, 0.2) is 11.7 Å². The summed E-state index contributed by atoms with van der Waals surface area (Å²) in [6.45, 7) is 20.7. The average Bonchev–Trinajstić information content (AvgIpc) is 3.79. The Morgan fingerprint density at radius 3 is 2.39 bits per heavy atom. The zero-order valence-corrected chi connectivity index (χ0v) is 31.2. The monoisotopic (exact) mass is 676 g/mol. The Bertz CT molecular complexity index is 1420. The maximum absolute atomic E-state index is 14.8. The van der Waals surface area contributed by atoms with Gasteiger partial charge in [-0.1, -0.05) is 72.7 Å². The predicted molar refractivity (Wildman–Crippen MR) is 192 cm³/mol. The van der Waals surface area contributed by atoms with Crippen molar-refractivity contribution in [3.05, 3.63) is 41.2 Å². The van der Waals surface area contributed by atoms with Crippen molar-refractivity contribution in [3.63, 3.8) is 0 Å². The van der Waals surface area contributed by atoms with E-state index in [2.05, 4.69) is 91.1 Å². The van der Waals surface area contributed by atoms with Gasteiger partial charge < -0.3 is 19.9 Å². The Morgan fingerprint density at radius 2 is 1.78 bits per heavy atom. The fourth-order valence-electron chi connectivity index (χ4n) is 7.72. The molecule has 1 aliphatic carbocycles. The summed E-state index contributed by atoms with van der Waals surface area (Å²) in [5.41, 5.74) is 1.30. The second-order valence-electron chi connectivity index (χ2n) is 17.2. The summed E-state index contributed by atoms with van der Waals surface area (Å²) >= 11 is 0. The molecule has 0 bridgehead atoms. The molecular weight excluding hydrogens is 616 g/mol. The minimum absolute atomic E-state index is 0.0375. The van der Waals surface area contributed by atoms with Gasteiger partial charge in [0.1, 0.15) is 5.66 Å². The number of aromatic amines is 1. The van der Waals surface area contributed by atoms with Crippen molar-refractivity contribution in [2.75, 3.05) is 19.7 Å². The number of hydrogen-bond acceptors (Lipinski definition) is 8.